The highest BCUT2D eigenvalue weighted by molar-refractivity contribution is 5.56. The molecule has 6 heteroatoms. The van der Waals surface area contributed by atoms with Gasteiger partial charge in [-0.2, -0.15) is 0 Å². The molecule has 0 radical (unpaired) electrons. The molecule has 3 rings (SSSR count). The number of ether oxygens (including phenoxy) is 2. The van der Waals surface area contributed by atoms with Crippen LogP contribution in [0.4, 0.5) is 11.4 Å². The molecule has 122 valence electrons. The molecule has 0 unspecified atom stereocenters. The summed E-state index contributed by atoms with van der Waals surface area (Å²) in [5, 5.41) is 19.1. The van der Waals surface area contributed by atoms with E-state index in [0.29, 0.717) is 23.0 Å². The zero-order valence-corrected chi connectivity index (χ0v) is 12.6. The summed E-state index contributed by atoms with van der Waals surface area (Å²) < 4.78 is 11.3. The molecule has 0 bridgehead atoms. The van der Waals surface area contributed by atoms with Crippen molar-refractivity contribution in [3.05, 3.63) is 60.7 Å². The minimum Gasteiger partial charge on any atom is -0.506 e. The maximum Gasteiger partial charge on any atom is 0.142 e. The van der Waals surface area contributed by atoms with E-state index in [1.54, 1.807) is 48.5 Å². The number of phenols is 2. The number of aromatic hydroxyl groups is 2. The molecule has 0 aliphatic carbocycles. The Bertz CT molecular complexity index is 791. The standard InChI is InChI=1S/C18H16N2O4/c19-15-7-5-13(9-17(15)21)23-11-1-2-12(4-3-11)24-14-6-8-16(20)18(22)10-14/h1-10,21-22H,19-20H2. The van der Waals surface area contributed by atoms with Gasteiger partial charge in [0.1, 0.15) is 34.5 Å². The first kappa shape index (κ1) is 15.4. The number of benzene rings is 3. The van der Waals surface area contributed by atoms with Gasteiger partial charge in [-0.1, -0.05) is 0 Å². The second-order valence-electron chi connectivity index (χ2n) is 5.12. The molecule has 24 heavy (non-hydrogen) atoms. The number of nitrogen functional groups attached to an aromatic ring is 2. The average Bonchev–Trinajstić information content (AvgIpc) is 2.56. The van der Waals surface area contributed by atoms with Crippen LogP contribution in [-0.2, 0) is 0 Å². The topological polar surface area (TPSA) is 111 Å². The molecule has 0 aliphatic heterocycles. The summed E-state index contributed by atoms with van der Waals surface area (Å²) in [7, 11) is 0. The van der Waals surface area contributed by atoms with Gasteiger partial charge in [-0.3, -0.25) is 0 Å². The van der Waals surface area contributed by atoms with Gasteiger partial charge < -0.3 is 31.2 Å². The van der Waals surface area contributed by atoms with Crippen molar-refractivity contribution in [2.45, 2.75) is 0 Å². The predicted octanol–water partition coefficient (Wildman–Crippen LogP) is 3.85. The van der Waals surface area contributed by atoms with Gasteiger partial charge in [0, 0.05) is 12.1 Å². The van der Waals surface area contributed by atoms with Crippen molar-refractivity contribution in [3.8, 4) is 34.5 Å². The van der Waals surface area contributed by atoms with E-state index in [0.717, 1.165) is 0 Å². The van der Waals surface area contributed by atoms with Crippen molar-refractivity contribution in [1.29, 1.82) is 0 Å². The summed E-state index contributed by atoms with van der Waals surface area (Å²) in [6, 6.07) is 16.2. The van der Waals surface area contributed by atoms with Crippen LogP contribution in [0.25, 0.3) is 0 Å². The normalized spacial score (nSPS) is 10.3. The minimum absolute atomic E-state index is 0.0318. The fourth-order valence-electron chi connectivity index (χ4n) is 2.02. The van der Waals surface area contributed by atoms with E-state index in [9.17, 15) is 10.2 Å². The molecule has 0 spiro atoms. The lowest BCUT2D eigenvalue weighted by molar-refractivity contribution is 0.450. The van der Waals surface area contributed by atoms with Crippen molar-refractivity contribution >= 4 is 11.4 Å². The van der Waals surface area contributed by atoms with Gasteiger partial charge in [-0.25, -0.2) is 0 Å². The zero-order chi connectivity index (χ0) is 17.1. The van der Waals surface area contributed by atoms with E-state index in [2.05, 4.69) is 0 Å². The Morgan fingerprint density at radius 1 is 0.542 bits per heavy atom. The van der Waals surface area contributed by atoms with Crippen molar-refractivity contribution in [3.63, 3.8) is 0 Å². The zero-order valence-electron chi connectivity index (χ0n) is 12.6. The summed E-state index contributed by atoms with van der Waals surface area (Å²) in [6.45, 7) is 0. The molecular formula is C18H16N2O4. The second kappa shape index (κ2) is 6.29. The summed E-state index contributed by atoms with van der Waals surface area (Å²) in [5.41, 5.74) is 11.7. The third-order valence-corrected chi connectivity index (χ3v) is 3.30. The van der Waals surface area contributed by atoms with Crippen LogP contribution in [0.2, 0.25) is 0 Å². The fraction of sp³-hybridized carbons (Fsp3) is 0. The summed E-state index contributed by atoms with van der Waals surface area (Å²) in [5.74, 6) is 2.03. The van der Waals surface area contributed by atoms with Crippen LogP contribution in [0.3, 0.4) is 0 Å². The Hall–Kier alpha value is -3.54. The summed E-state index contributed by atoms with van der Waals surface area (Å²) >= 11 is 0. The number of hydrogen-bond donors (Lipinski definition) is 4. The lowest BCUT2D eigenvalue weighted by Gasteiger charge is -2.09. The van der Waals surface area contributed by atoms with Crippen LogP contribution in [-0.4, -0.2) is 10.2 Å². The predicted molar refractivity (Wildman–Crippen MR) is 91.6 cm³/mol. The molecule has 0 fully saturated rings. The Balaban J connectivity index is 1.70. The fourth-order valence-corrected chi connectivity index (χ4v) is 2.02. The van der Waals surface area contributed by atoms with Gasteiger partial charge >= 0.3 is 0 Å². The lowest BCUT2D eigenvalue weighted by atomic mass is 10.2. The molecule has 6 N–H and O–H groups in total. The van der Waals surface area contributed by atoms with E-state index in [-0.39, 0.29) is 22.9 Å². The van der Waals surface area contributed by atoms with Gasteiger partial charge in [-0.15, -0.1) is 0 Å². The average molecular weight is 324 g/mol. The van der Waals surface area contributed by atoms with E-state index in [1.807, 2.05) is 0 Å². The maximum absolute atomic E-state index is 9.57. The van der Waals surface area contributed by atoms with Crippen LogP contribution in [0.5, 0.6) is 34.5 Å². The molecule has 0 aromatic heterocycles. The van der Waals surface area contributed by atoms with Crippen molar-refractivity contribution in [1.82, 2.24) is 0 Å². The molecule has 0 amide bonds. The SMILES string of the molecule is Nc1ccc(Oc2ccc(Oc3ccc(N)c(O)c3)cc2)cc1O. The smallest absolute Gasteiger partial charge is 0.142 e. The maximum atomic E-state index is 9.57. The van der Waals surface area contributed by atoms with Crippen molar-refractivity contribution in [2.24, 2.45) is 0 Å². The monoisotopic (exact) mass is 324 g/mol. The quantitative estimate of drug-likeness (QED) is 0.428. The van der Waals surface area contributed by atoms with Gasteiger partial charge in [0.05, 0.1) is 11.4 Å². The Kier molecular flexibility index (Phi) is 4.03. The van der Waals surface area contributed by atoms with Gasteiger partial charge in [0.2, 0.25) is 0 Å². The van der Waals surface area contributed by atoms with E-state index >= 15 is 0 Å². The van der Waals surface area contributed by atoms with Gasteiger partial charge in [-0.05, 0) is 48.5 Å². The first-order valence-electron chi connectivity index (χ1n) is 7.14. The molecular weight excluding hydrogens is 308 g/mol. The third kappa shape index (κ3) is 3.44. The number of rotatable bonds is 4. The van der Waals surface area contributed by atoms with Crippen molar-refractivity contribution in [2.75, 3.05) is 11.5 Å². The molecule has 0 aliphatic rings. The van der Waals surface area contributed by atoms with Crippen LogP contribution in [0, 0.1) is 0 Å². The number of phenolic OH excluding ortho intramolecular Hbond substituents is 2. The molecule has 0 saturated carbocycles. The summed E-state index contributed by atoms with van der Waals surface area (Å²) in [4.78, 5) is 0. The highest BCUT2D eigenvalue weighted by Gasteiger charge is 2.04. The van der Waals surface area contributed by atoms with Crippen LogP contribution < -0.4 is 20.9 Å². The highest BCUT2D eigenvalue weighted by atomic mass is 16.5. The van der Waals surface area contributed by atoms with E-state index in [1.165, 1.54) is 12.1 Å². The Morgan fingerprint density at radius 2 is 0.875 bits per heavy atom. The van der Waals surface area contributed by atoms with Gasteiger partial charge in [0.15, 0.2) is 0 Å². The third-order valence-electron chi connectivity index (χ3n) is 3.30. The highest BCUT2D eigenvalue weighted by Crippen LogP contribution is 2.32. The number of anilines is 2. The van der Waals surface area contributed by atoms with E-state index < -0.39 is 0 Å². The molecule has 6 nitrogen and oxygen atoms in total. The van der Waals surface area contributed by atoms with Crippen LogP contribution in [0.1, 0.15) is 0 Å². The molecule has 3 aromatic rings. The number of nitrogens with two attached hydrogens (primary N) is 2. The Morgan fingerprint density at radius 3 is 1.21 bits per heavy atom. The summed E-state index contributed by atoms with van der Waals surface area (Å²) in [6.07, 6.45) is 0. The molecule has 0 saturated heterocycles. The lowest BCUT2D eigenvalue weighted by Crippen LogP contribution is -1.89. The molecule has 0 atom stereocenters. The van der Waals surface area contributed by atoms with Crippen molar-refractivity contribution < 1.29 is 19.7 Å². The van der Waals surface area contributed by atoms with E-state index in [4.69, 9.17) is 20.9 Å². The first-order chi connectivity index (χ1) is 11.5. The largest absolute Gasteiger partial charge is 0.506 e. The van der Waals surface area contributed by atoms with Crippen LogP contribution >= 0.6 is 0 Å². The first-order valence-corrected chi connectivity index (χ1v) is 7.14. The van der Waals surface area contributed by atoms with Gasteiger partial charge in [0.25, 0.3) is 0 Å². The second-order valence-corrected chi connectivity index (χ2v) is 5.12. The van der Waals surface area contributed by atoms with Crippen LogP contribution in [0.15, 0.2) is 60.7 Å². The minimum atomic E-state index is -0.0318. The number of hydrogen-bond acceptors (Lipinski definition) is 6. The Labute approximate surface area is 138 Å². The molecule has 0 heterocycles. The molecule has 3 aromatic carbocycles.